The first-order chi connectivity index (χ1) is 17.3. The minimum absolute atomic E-state index is 0.108. The van der Waals surface area contributed by atoms with Gasteiger partial charge in [0.05, 0.1) is 29.7 Å². The summed E-state index contributed by atoms with van der Waals surface area (Å²) in [5.41, 5.74) is -0.412. The molecule has 3 aliphatic carbocycles. The molecule has 0 bridgehead atoms. The largest absolute Gasteiger partial charge is 0.510 e. The molecule has 4 nitrogen and oxygen atoms in total. The van der Waals surface area contributed by atoms with E-state index in [4.69, 9.17) is 4.42 Å². The molecule has 0 spiro atoms. The maximum absolute atomic E-state index is 14.2. The summed E-state index contributed by atoms with van der Waals surface area (Å²) in [7, 11) is 0. The number of allylic oxidation sites excluding steroid dienone is 6. The summed E-state index contributed by atoms with van der Waals surface area (Å²) in [6.45, 7) is 0. The van der Waals surface area contributed by atoms with Crippen molar-refractivity contribution >= 4 is 17.1 Å². The number of aliphatic imine (C=N–C) groups is 1. The fraction of sp³-hybridized carbons (Fsp3) is 0.586. The maximum atomic E-state index is 14.2. The molecule has 0 amide bonds. The van der Waals surface area contributed by atoms with Crippen LogP contribution in [0.1, 0.15) is 82.6 Å². The molecule has 5 rings (SSSR count). The predicted molar refractivity (Wildman–Crippen MR) is 132 cm³/mol. The Balaban J connectivity index is 1.40. The van der Waals surface area contributed by atoms with Crippen molar-refractivity contribution in [3.8, 4) is 0 Å². The molecule has 0 radical (unpaired) electrons. The molecule has 1 aromatic rings. The molecular formula is C29H34F3NO3. The van der Waals surface area contributed by atoms with E-state index in [0.717, 1.165) is 37.7 Å². The van der Waals surface area contributed by atoms with Crippen LogP contribution in [0.25, 0.3) is 5.57 Å². The summed E-state index contributed by atoms with van der Waals surface area (Å²) < 4.78 is 47.6. The van der Waals surface area contributed by atoms with Crippen molar-refractivity contribution in [1.29, 1.82) is 0 Å². The minimum atomic E-state index is -4.68. The number of ketones is 1. The number of fused-ring (bicyclic) bond motifs is 1. The Morgan fingerprint density at radius 1 is 0.972 bits per heavy atom. The number of rotatable bonds is 3. The van der Waals surface area contributed by atoms with Gasteiger partial charge in [-0.15, -0.1) is 0 Å². The lowest BCUT2D eigenvalue weighted by Crippen LogP contribution is -2.28. The van der Waals surface area contributed by atoms with E-state index >= 15 is 0 Å². The van der Waals surface area contributed by atoms with Crippen LogP contribution in [0.4, 0.5) is 13.2 Å². The molecule has 2 saturated carbocycles. The molecule has 7 heteroatoms. The highest BCUT2D eigenvalue weighted by Gasteiger charge is 2.46. The zero-order chi connectivity index (χ0) is 25.3. The van der Waals surface area contributed by atoms with E-state index < -0.39 is 23.5 Å². The van der Waals surface area contributed by atoms with Gasteiger partial charge in [-0.25, -0.2) is 4.99 Å². The quantitative estimate of drug-likeness (QED) is 0.258. The molecule has 0 aromatic carbocycles. The van der Waals surface area contributed by atoms with Crippen molar-refractivity contribution in [2.75, 3.05) is 0 Å². The third kappa shape index (κ3) is 5.12. The Morgan fingerprint density at radius 3 is 2.31 bits per heavy atom. The number of hydrogen-bond acceptors (Lipinski definition) is 4. The van der Waals surface area contributed by atoms with Gasteiger partial charge < -0.3 is 9.52 Å². The average molecular weight is 502 g/mol. The third-order valence-corrected chi connectivity index (χ3v) is 8.64. The Kier molecular flexibility index (Phi) is 7.27. The van der Waals surface area contributed by atoms with E-state index in [1.807, 2.05) is 0 Å². The summed E-state index contributed by atoms with van der Waals surface area (Å²) in [6.07, 6.45) is 12.8. The number of carbonyl (C=O) groups excluding carboxylic acids is 1. The fourth-order valence-corrected chi connectivity index (χ4v) is 6.63. The second kappa shape index (κ2) is 10.4. The molecule has 194 valence electrons. The highest BCUT2D eigenvalue weighted by Crippen LogP contribution is 2.44. The number of furan rings is 1. The molecule has 36 heavy (non-hydrogen) atoms. The molecule has 1 unspecified atom stereocenters. The topological polar surface area (TPSA) is 62.8 Å². The normalized spacial score (nSPS) is 29.9. The second-order valence-corrected chi connectivity index (χ2v) is 10.8. The van der Waals surface area contributed by atoms with E-state index in [0.29, 0.717) is 23.5 Å². The summed E-state index contributed by atoms with van der Waals surface area (Å²) in [5, 5.41) is 11.1. The summed E-state index contributed by atoms with van der Waals surface area (Å²) in [6, 6.07) is 1.61. The average Bonchev–Trinajstić information content (AvgIpc) is 3.38. The van der Waals surface area contributed by atoms with Gasteiger partial charge in [-0.1, -0.05) is 44.6 Å². The zero-order valence-corrected chi connectivity index (χ0v) is 20.5. The van der Waals surface area contributed by atoms with Crippen molar-refractivity contribution in [1.82, 2.24) is 0 Å². The summed E-state index contributed by atoms with van der Waals surface area (Å²) >= 11 is 0. The predicted octanol–water partition coefficient (Wildman–Crippen LogP) is 8.13. The van der Waals surface area contributed by atoms with Crippen LogP contribution < -0.4 is 0 Å². The smallest absolute Gasteiger partial charge is 0.418 e. The molecule has 1 N–H and O–H groups in total. The lowest BCUT2D eigenvalue weighted by Gasteiger charge is -2.33. The lowest BCUT2D eigenvalue weighted by atomic mass is 9.72. The van der Waals surface area contributed by atoms with Crippen LogP contribution in [0, 0.1) is 23.7 Å². The van der Waals surface area contributed by atoms with Crippen LogP contribution >= 0.6 is 0 Å². The maximum Gasteiger partial charge on any atom is 0.418 e. The number of aliphatic hydroxyl groups is 1. The lowest BCUT2D eigenvalue weighted by molar-refractivity contribution is -0.117. The van der Waals surface area contributed by atoms with Gasteiger partial charge in [0, 0.05) is 11.5 Å². The number of Topliss-reactive ketones (excluding diaryl/α,β-unsaturated/α-hetero) is 1. The summed E-state index contributed by atoms with van der Waals surface area (Å²) in [4.78, 5) is 17.5. The summed E-state index contributed by atoms with van der Waals surface area (Å²) in [5.74, 6) is -0.406. The van der Waals surface area contributed by atoms with Gasteiger partial charge >= 0.3 is 6.18 Å². The molecule has 4 aliphatic rings. The Labute approximate surface area is 210 Å². The Hall–Kier alpha value is -2.57. The van der Waals surface area contributed by atoms with Crippen LogP contribution in [0.5, 0.6) is 0 Å². The van der Waals surface area contributed by atoms with Gasteiger partial charge in [-0.2, -0.15) is 13.2 Å². The van der Waals surface area contributed by atoms with E-state index in [-0.39, 0.29) is 29.5 Å². The van der Waals surface area contributed by atoms with Crippen molar-refractivity contribution < 1.29 is 27.5 Å². The number of halogens is 3. The van der Waals surface area contributed by atoms with Gasteiger partial charge in [0.2, 0.25) is 0 Å². The van der Waals surface area contributed by atoms with Crippen LogP contribution in [-0.2, 0) is 4.79 Å². The van der Waals surface area contributed by atoms with E-state index in [1.165, 1.54) is 51.1 Å². The van der Waals surface area contributed by atoms with Gasteiger partial charge in [0.25, 0.3) is 0 Å². The molecular weight excluding hydrogens is 467 g/mol. The number of aliphatic hydroxyl groups excluding tert-OH is 1. The van der Waals surface area contributed by atoms with E-state index in [2.05, 4.69) is 4.99 Å². The highest BCUT2D eigenvalue weighted by molar-refractivity contribution is 6.24. The van der Waals surface area contributed by atoms with Gasteiger partial charge in [-0.3, -0.25) is 4.79 Å². The Morgan fingerprint density at radius 2 is 1.67 bits per heavy atom. The molecule has 2 fully saturated rings. The molecule has 2 heterocycles. The first-order valence-electron chi connectivity index (χ1n) is 13.4. The first-order valence-corrected chi connectivity index (χ1v) is 13.4. The minimum Gasteiger partial charge on any atom is -0.510 e. The number of hydrogen-bond donors (Lipinski definition) is 1. The Bertz CT molecular complexity index is 1080. The second-order valence-electron chi connectivity index (χ2n) is 10.8. The van der Waals surface area contributed by atoms with Crippen LogP contribution in [0.3, 0.4) is 0 Å². The van der Waals surface area contributed by atoms with E-state index in [1.54, 1.807) is 12.1 Å². The van der Waals surface area contributed by atoms with Crippen LogP contribution in [0.2, 0.25) is 0 Å². The van der Waals surface area contributed by atoms with Gasteiger partial charge in [-0.05, 0) is 68.1 Å². The molecule has 0 saturated heterocycles. The monoisotopic (exact) mass is 501 g/mol. The van der Waals surface area contributed by atoms with Gasteiger partial charge in [0.1, 0.15) is 11.5 Å². The van der Waals surface area contributed by atoms with Crippen molar-refractivity contribution in [3.63, 3.8) is 0 Å². The van der Waals surface area contributed by atoms with Crippen molar-refractivity contribution in [2.45, 2.75) is 83.2 Å². The zero-order valence-electron chi connectivity index (χ0n) is 20.5. The van der Waals surface area contributed by atoms with Crippen molar-refractivity contribution in [3.05, 3.63) is 53.3 Å². The fourth-order valence-electron chi connectivity index (χ4n) is 6.63. The van der Waals surface area contributed by atoms with Crippen LogP contribution in [-0.4, -0.2) is 22.8 Å². The number of carbonyl (C=O) groups is 1. The van der Waals surface area contributed by atoms with Crippen molar-refractivity contribution in [2.24, 2.45) is 28.7 Å². The highest BCUT2D eigenvalue weighted by atomic mass is 19.4. The number of alkyl halides is 3. The SMILES string of the molecule is O=C1C(=C(O)C2CCC(C3CCCCCC3)CC2)N=C2C(C(F)(F)F)=CC(c3ccoc3)=CCCC12. The first kappa shape index (κ1) is 25.1. The number of nitrogens with zero attached hydrogens (tertiary/aromatic N) is 1. The molecule has 1 atom stereocenters. The van der Waals surface area contributed by atoms with Crippen LogP contribution in [0.15, 0.2) is 57.2 Å². The molecule has 1 aliphatic heterocycles. The van der Waals surface area contributed by atoms with Gasteiger partial charge in [0.15, 0.2) is 5.78 Å². The van der Waals surface area contributed by atoms with E-state index in [9.17, 15) is 23.1 Å². The third-order valence-electron chi connectivity index (χ3n) is 8.64. The molecule has 1 aromatic heterocycles. The standard InChI is InChI=1S/C29H34F3NO3/c30-29(31,32)24-16-21(22-14-15-36-17-22)8-5-9-23-25(24)33-26(28(23)35)27(34)20-12-10-19(11-13-20)18-6-3-1-2-4-7-18/h8,14-20,23,34H,1-7,9-13H2.